The van der Waals surface area contributed by atoms with Crippen molar-refractivity contribution in [2.24, 2.45) is 0 Å². The molecule has 37 heavy (non-hydrogen) atoms. The third-order valence-electron chi connectivity index (χ3n) is 6.40. The van der Waals surface area contributed by atoms with Crippen LogP contribution in [-0.2, 0) is 22.6 Å². The fourth-order valence-corrected chi connectivity index (χ4v) is 4.97. The van der Waals surface area contributed by atoms with Crippen LogP contribution >= 0.6 is 15.9 Å². The molecular weight excluding hydrogens is 528 g/mol. The molecule has 0 bridgehead atoms. The van der Waals surface area contributed by atoms with Gasteiger partial charge >= 0.3 is 0 Å². The van der Waals surface area contributed by atoms with E-state index in [-0.39, 0.29) is 18.4 Å². The lowest BCUT2D eigenvalue weighted by atomic mass is 10.0. The summed E-state index contributed by atoms with van der Waals surface area (Å²) in [5.74, 6) is 0.149. The van der Waals surface area contributed by atoms with Crippen molar-refractivity contribution in [3.8, 4) is 5.75 Å². The van der Waals surface area contributed by atoms with Crippen LogP contribution in [0.3, 0.4) is 0 Å². The van der Waals surface area contributed by atoms with Crippen LogP contribution < -0.4 is 10.1 Å². The van der Waals surface area contributed by atoms with Crippen molar-refractivity contribution in [1.29, 1.82) is 0 Å². The molecular formula is C31H31BrN2O3. The zero-order valence-electron chi connectivity index (χ0n) is 21.1. The Bertz CT molecular complexity index is 1370. The van der Waals surface area contributed by atoms with Crippen molar-refractivity contribution in [3.05, 3.63) is 112 Å². The fraction of sp³-hybridized carbons (Fsp3) is 0.226. The van der Waals surface area contributed by atoms with Gasteiger partial charge in [0.25, 0.3) is 5.91 Å². The predicted molar refractivity (Wildman–Crippen MR) is 151 cm³/mol. The summed E-state index contributed by atoms with van der Waals surface area (Å²) in [6.07, 6.45) is 0.407. The molecule has 5 nitrogen and oxygen atoms in total. The molecule has 1 N–H and O–H groups in total. The summed E-state index contributed by atoms with van der Waals surface area (Å²) in [5.41, 5.74) is 3.04. The average Bonchev–Trinajstić information content (AvgIpc) is 2.92. The minimum atomic E-state index is -0.682. The normalized spacial score (nSPS) is 11.6. The highest BCUT2D eigenvalue weighted by Gasteiger charge is 2.30. The molecule has 2 amide bonds. The standard InChI is InChI=1S/C31H31BrN2O3/c1-3-33-31(36)27(19-23-12-5-4-6-13-23)34(20-25-15-8-7-11-22(25)2)29(35)21-37-28-18-17-24-14-9-10-16-26(24)30(28)32/h4-18,27H,3,19-21H2,1-2H3,(H,33,36)/t27-/m0/s1. The van der Waals surface area contributed by atoms with Crippen LogP contribution in [-0.4, -0.2) is 35.9 Å². The molecule has 0 heterocycles. The maximum atomic E-state index is 13.8. The molecule has 0 aromatic heterocycles. The van der Waals surface area contributed by atoms with Crippen molar-refractivity contribution in [2.75, 3.05) is 13.2 Å². The van der Waals surface area contributed by atoms with E-state index >= 15 is 0 Å². The molecule has 0 fully saturated rings. The van der Waals surface area contributed by atoms with E-state index in [9.17, 15) is 9.59 Å². The van der Waals surface area contributed by atoms with E-state index in [0.29, 0.717) is 25.3 Å². The van der Waals surface area contributed by atoms with Crippen LogP contribution in [0.5, 0.6) is 5.75 Å². The van der Waals surface area contributed by atoms with Crippen molar-refractivity contribution in [1.82, 2.24) is 10.2 Å². The number of amides is 2. The molecule has 1 atom stereocenters. The molecule has 4 aromatic carbocycles. The number of carbonyl (C=O) groups excluding carboxylic acids is 2. The number of benzene rings is 4. The number of nitrogens with one attached hydrogen (secondary N) is 1. The number of halogens is 1. The molecule has 4 rings (SSSR count). The van der Waals surface area contributed by atoms with Crippen molar-refractivity contribution >= 4 is 38.5 Å². The van der Waals surface area contributed by atoms with E-state index < -0.39 is 6.04 Å². The Hall–Kier alpha value is -3.64. The van der Waals surface area contributed by atoms with Gasteiger partial charge in [-0.2, -0.15) is 0 Å². The van der Waals surface area contributed by atoms with Gasteiger partial charge in [-0.05, 0) is 63.3 Å². The highest BCUT2D eigenvalue weighted by molar-refractivity contribution is 9.10. The Morgan fingerprint density at radius 1 is 0.919 bits per heavy atom. The number of ether oxygens (including phenoxy) is 1. The Morgan fingerprint density at radius 3 is 2.38 bits per heavy atom. The smallest absolute Gasteiger partial charge is 0.261 e. The monoisotopic (exact) mass is 558 g/mol. The first-order chi connectivity index (χ1) is 18.0. The van der Waals surface area contributed by atoms with Crippen LogP contribution in [0.4, 0.5) is 0 Å². The van der Waals surface area contributed by atoms with Crippen molar-refractivity contribution < 1.29 is 14.3 Å². The number of likely N-dealkylation sites (N-methyl/N-ethyl adjacent to an activating group) is 1. The maximum Gasteiger partial charge on any atom is 0.261 e. The highest BCUT2D eigenvalue weighted by Crippen LogP contribution is 2.33. The van der Waals surface area contributed by atoms with Gasteiger partial charge in [0.15, 0.2) is 6.61 Å². The topological polar surface area (TPSA) is 58.6 Å². The Labute approximate surface area is 226 Å². The third-order valence-corrected chi connectivity index (χ3v) is 7.22. The minimum absolute atomic E-state index is 0.180. The second-order valence-corrected chi connectivity index (χ2v) is 9.73. The number of carbonyl (C=O) groups is 2. The van der Waals surface area contributed by atoms with Gasteiger partial charge in [-0.25, -0.2) is 0 Å². The minimum Gasteiger partial charge on any atom is -0.483 e. The van der Waals surface area contributed by atoms with Gasteiger partial charge in [0.2, 0.25) is 5.91 Å². The van der Waals surface area contributed by atoms with Crippen LogP contribution in [0, 0.1) is 6.92 Å². The largest absolute Gasteiger partial charge is 0.483 e. The summed E-state index contributed by atoms with van der Waals surface area (Å²) in [6, 6.07) is 28.8. The summed E-state index contributed by atoms with van der Waals surface area (Å²) in [6.45, 7) is 4.50. The van der Waals surface area contributed by atoms with E-state index in [0.717, 1.165) is 31.9 Å². The van der Waals surface area contributed by atoms with Crippen LogP contribution in [0.25, 0.3) is 10.8 Å². The Morgan fingerprint density at radius 2 is 1.62 bits per heavy atom. The van der Waals surface area contributed by atoms with E-state index in [1.165, 1.54) is 0 Å². The highest BCUT2D eigenvalue weighted by atomic mass is 79.9. The lowest BCUT2D eigenvalue weighted by molar-refractivity contribution is -0.142. The molecule has 0 aliphatic carbocycles. The first kappa shape index (κ1) is 26.4. The summed E-state index contributed by atoms with van der Waals surface area (Å²) in [7, 11) is 0. The number of rotatable bonds is 10. The van der Waals surface area contributed by atoms with E-state index in [1.54, 1.807) is 4.90 Å². The van der Waals surface area contributed by atoms with Gasteiger partial charge in [0.05, 0.1) is 4.47 Å². The molecule has 0 saturated carbocycles. The van der Waals surface area contributed by atoms with E-state index in [2.05, 4.69) is 21.2 Å². The predicted octanol–water partition coefficient (Wildman–Crippen LogP) is 6.07. The lowest BCUT2D eigenvalue weighted by Crippen LogP contribution is -2.51. The van der Waals surface area contributed by atoms with Crippen LogP contribution in [0.15, 0.2) is 95.5 Å². The number of fused-ring (bicyclic) bond motifs is 1. The number of hydrogen-bond donors (Lipinski definition) is 1. The van der Waals surface area contributed by atoms with Gasteiger partial charge in [0.1, 0.15) is 11.8 Å². The number of nitrogens with zero attached hydrogens (tertiary/aromatic N) is 1. The van der Waals surface area contributed by atoms with E-state index in [1.807, 2.05) is 105 Å². The zero-order valence-corrected chi connectivity index (χ0v) is 22.7. The first-order valence-electron chi connectivity index (χ1n) is 12.4. The van der Waals surface area contributed by atoms with Gasteiger partial charge < -0.3 is 15.0 Å². The van der Waals surface area contributed by atoms with Crippen LogP contribution in [0.2, 0.25) is 0 Å². The van der Waals surface area contributed by atoms with Crippen LogP contribution in [0.1, 0.15) is 23.6 Å². The third kappa shape index (κ3) is 6.57. The molecule has 0 spiro atoms. The maximum absolute atomic E-state index is 13.8. The van der Waals surface area contributed by atoms with Gasteiger partial charge in [-0.15, -0.1) is 0 Å². The van der Waals surface area contributed by atoms with E-state index in [4.69, 9.17) is 4.74 Å². The fourth-order valence-electron chi connectivity index (χ4n) is 4.36. The zero-order chi connectivity index (χ0) is 26.2. The van der Waals surface area contributed by atoms with Gasteiger partial charge in [-0.1, -0.05) is 84.9 Å². The molecule has 0 saturated heterocycles. The first-order valence-corrected chi connectivity index (χ1v) is 13.2. The summed E-state index contributed by atoms with van der Waals surface area (Å²) in [5, 5.41) is 5.01. The number of aryl methyl sites for hydroxylation is 1. The molecule has 4 aromatic rings. The molecule has 190 valence electrons. The van der Waals surface area contributed by atoms with Gasteiger partial charge in [0, 0.05) is 19.5 Å². The summed E-state index contributed by atoms with van der Waals surface area (Å²) in [4.78, 5) is 28.7. The molecule has 6 heteroatoms. The molecule has 0 aliphatic rings. The van der Waals surface area contributed by atoms with Crippen molar-refractivity contribution in [3.63, 3.8) is 0 Å². The quantitative estimate of drug-likeness (QED) is 0.257. The molecule has 0 aliphatic heterocycles. The molecule has 0 radical (unpaired) electrons. The second kappa shape index (κ2) is 12.5. The average molecular weight is 560 g/mol. The molecule has 0 unspecified atom stereocenters. The summed E-state index contributed by atoms with van der Waals surface area (Å²) >= 11 is 3.64. The van der Waals surface area contributed by atoms with Gasteiger partial charge in [-0.3, -0.25) is 9.59 Å². The number of hydrogen-bond acceptors (Lipinski definition) is 3. The van der Waals surface area contributed by atoms with Crippen molar-refractivity contribution in [2.45, 2.75) is 32.9 Å². The second-order valence-electron chi connectivity index (χ2n) is 8.94. The summed E-state index contributed by atoms with van der Waals surface area (Å²) < 4.78 is 6.83. The SMILES string of the molecule is CCNC(=O)[C@H](Cc1ccccc1)N(Cc1ccccc1C)C(=O)COc1ccc2ccccc2c1Br. The Kier molecular flexibility index (Phi) is 8.96. The Balaban J connectivity index is 1.63. The lowest BCUT2D eigenvalue weighted by Gasteiger charge is -2.32.